The molecular formula is C18H22O4. The number of fused-ring (bicyclic) bond motifs is 1. The Morgan fingerprint density at radius 2 is 2.05 bits per heavy atom. The summed E-state index contributed by atoms with van der Waals surface area (Å²) in [5, 5.41) is 0. The summed E-state index contributed by atoms with van der Waals surface area (Å²) in [7, 11) is 1.57. The molecule has 0 amide bonds. The lowest BCUT2D eigenvalue weighted by molar-refractivity contribution is -0.144. The fourth-order valence-corrected chi connectivity index (χ4v) is 3.08. The molecule has 118 valence electrons. The average Bonchev–Trinajstić information content (AvgIpc) is 2.51. The van der Waals surface area contributed by atoms with Crippen LogP contribution < -0.4 is 4.74 Å². The van der Waals surface area contributed by atoms with E-state index < -0.39 is 5.41 Å². The number of carbonyl (C=O) groups excluding carboxylic acids is 2. The van der Waals surface area contributed by atoms with Gasteiger partial charge in [-0.2, -0.15) is 0 Å². The largest absolute Gasteiger partial charge is 0.497 e. The second kappa shape index (κ2) is 6.77. The Bertz CT molecular complexity index is 603. The Hall–Kier alpha value is -2.10. The van der Waals surface area contributed by atoms with Crippen molar-refractivity contribution < 1.29 is 19.1 Å². The molecule has 0 aliphatic heterocycles. The van der Waals surface area contributed by atoms with Crippen molar-refractivity contribution in [2.45, 2.75) is 38.5 Å². The van der Waals surface area contributed by atoms with Crippen molar-refractivity contribution in [1.82, 2.24) is 0 Å². The van der Waals surface area contributed by atoms with Crippen molar-refractivity contribution in [1.29, 1.82) is 0 Å². The molecule has 2 rings (SSSR count). The first-order valence-corrected chi connectivity index (χ1v) is 7.64. The van der Waals surface area contributed by atoms with Gasteiger partial charge in [0.2, 0.25) is 0 Å². The predicted octanol–water partition coefficient (Wildman–Crippen LogP) is 3.44. The topological polar surface area (TPSA) is 52.6 Å². The summed E-state index contributed by atoms with van der Waals surface area (Å²) in [6.45, 7) is 4.23. The van der Waals surface area contributed by atoms with Gasteiger partial charge in [0.25, 0.3) is 0 Å². The lowest BCUT2D eigenvalue weighted by Crippen LogP contribution is -2.32. The minimum atomic E-state index is -0.476. The van der Waals surface area contributed by atoms with E-state index in [0.29, 0.717) is 17.9 Å². The van der Waals surface area contributed by atoms with Gasteiger partial charge in [-0.25, -0.2) is 0 Å². The van der Waals surface area contributed by atoms with Crippen molar-refractivity contribution in [3.63, 3.8) is 0 Å². The number of benzene rings is 1. The highest BCUT2D eigenvalue weighted by Gasteiger charge is 2.37. The first-order chi connectivity index (χ1) is 10.6. The Balaban J connectivity index is 2.49. The zero-order valence-electron chi connectivity index (χ0n) is 13.3. The van der Waals surface area contributed by atoms with E-state index in [9.17, 15) is 9.59 Å². The lowest BCUT2D eigenvalue weighted by Gasteiger charge is -2.34. The molecule has 1 aliphatic rings. The quantitative estimate of drug-likeness (QED) is 0.755. The number of rotatable bonds is 6. The molecule has 1 aliphatic carbocycles. The van der Waals surface area contributed by atoms with Crippen molar-refractivity contribution >= 4 is 11.8 Å². The number of ketones is 1. The molecule has 0 heterocycles. The van der Waals surface area contributed by atoms with Gasteiger partial charge >= 0.3 is 5.97 Å². The fraction of sp³-hybridized carbons (Fsp3) is 0.444. The molecule has 4 heteroatoms. The number of esters is 1. The van der Waals surface area contributed by atoms with E-state index in [1.807, 2.05) is 18.2 Å². The molecule has 0 saturated heterocycles. The van der Waals surface area contributed by atoms with Crippen LogP contribution >= 0.6 is 0 Å². The average molecular weight is 302 g/mol. The molecule has 0 bridgehead atoms. The predicted molar refractivity (Wildman–Crippen MR) is 84.3 cm³/mol. The van der Waals surface area contributed by atoms with Crippen LogP contribution in [0.2, 0.25) is 0 Å². The van der Waals surface area contributed by atoms with E-state index in [4.69, 9.17) is 9.47 Å². The maximum absolute atomic E-state index is 12.2. The van der Waals surface area contributed by atoms with Crippen LogP contribution in [-0.2, 0) is 14.9 Å². The molecule has 22 heavy (non-hydrogen) atoms. The van der Waals surface area contributed by atoms with Crippen LogP contribution in [-0.4, -0.2) is 25.5 Å². The summed E-state index contributed by atoms with van der Waals surface area (Å²) in [6.07, 6.45) is 5.37. The zero-order valence-corrected chi connectivity index (χ0v) is 13.3. The number of hydrogen-bond donors (Lipinski definition) is 0. The van der Waals surface area contributed by atoms with Gasteiger partial charge in [0, 0.05) is 11.0 Å². The summed E-state index contributed by atoms with van der Waals surface area (Å²) in [5.74, 6) is 0.352. The first kappa shape index (κ1) is 16.3. The SMILES string of the molecule is CCC[C@@]1(CC(=O)OCC)C=CC(=O)c2cc(OC)ccc21. The summed E-state index contributed by atoms with van der Waals surface area (Å²) in [4.78, 5) is 24.2. The summed E-state index contributed by atoms with van der Waals surface area (Å²) in [6, 6.07) is 5.47. The van der Waals surface area contributed by atoms with Gasteiger partial charge in [-0.3, -0.25) is 9.59 Å². The molecule has 4 nitrogen and oxygen atoms in total. The second-order valence-electron chi connectivity index (χ2n) is 5.50. The second-order valence-corrected chi connectivity index (χ2v) is 5.50. The lowest BCUT2D eigenvalue weighted by atomic mass is 9.69. The van der Waals surface area contributed by atoms with Crippen LogP contribution in [0.1, 0.15) is 49.0 Å². The van der Waals surface area contributed by atoms with Crippen molar-refractivity contribution in [2.75, 3.05) is 13.7 Å². The summed E-state index contributed by atoms with van der Waals surface area (Å²) in [5.41, 5.74) is 1.02. The Kier molecular flexibility index (Phi) is 5.01. The number of ether oxygens (including phenoxy) is 2. The summed E-state index contributed by atoms with van der Waals surface area (Å²) >= 11 is 0. The molecule has 0 N–H and O–H groups in total. The maximum Gasteiger partial charge on any atom is 0.306 e. The van der Waals surface area contributed by atoms with Crippen LogP contribution in [0.3, 0.4) is 0 Å². The van der Waals surface area contributed by atoms with E-state index in [0.717, 1.165) is 18.4 Å². The monoisotopic (exact) mass is 302 g/mol. The third-order valence-corrected chi connectivity index (χ3v) is 4.04. The van der Waals surface area contributed by atoms with Crippen LogP contribution in [0.4, 0.5) is 0 Å². The minimum absolute atomic E-state index is 0.0514. The molecule has 0 spiro atoms. The smallest absolute Gasteiger partial charge is 0.306 e. The van der Waals surface area contributed by atoms with Gasteiger partial charge in [0.1, 0.15) is 5.75 Å². The number of allylic oxidation sites excluding steroid dienone is 2. The fourth-order valence-electron chi connectivity index (χ4n) is 3.08. The standard InChI is InChI=1S/C18H22O4/c1-4-9-18(12-17(20)22-5-2)10-8-16(19)14-11-13(21-3)6-7-15(14)18/h6-8,10-11H,4-5,9,12H2,1-3H3/t18-/m0/s1. The summed E-state index contributed by atoms with van der Waals surface area (Å²) < 4.78 is 10.3. The van der Waals surface area contributed by atoms with E-state index in [2.05, 4.69) is 6.92 Å². The van der Waals surface area contributed by atoms with Gasteiger partial charge in [0.05, 0.1) is 20.1 Å². The molecule has 0 unspecified atom stereocenters. The van der Waals surface area contributed by atoms with E-state index in [1.165, 1.54) is 0 Å². The number of methoxy groups -OCH3 is 1. The highest BCUT2D eigenvalue weighted by atomic mass is 16.5. The molecule has 0 saturated carbocycles. The van der Waals surface area contributed by atoms with Gasteiger partial charge in [-0.15, -0.1) is 0 Å². The highest BCUT2D eigenvalue weighted by molar-refractivity contribution is 6.08. The third-order valence-electron chi connectivity index (χ3n) is 4.04. The molecule has 0 radical (unpaired) electrons. The molecule has 1 atom stereocenters. The Morgan fingerprint density at radius 3 is 2.68 bits per heavy atom. The molecule has 0 aromatic heterocycles. The van der Waals surface area contributed by atoms with E-state index >= 15 is 0 Å². The van der Waals surface area contributed by atoms with Crippen molar-refractivity contribution in [2.24, 2.45) is 0 Å². The third kappa shape index (κ3) is 3.06. The zero-order chi connectivity index (χ0) is 16.2. The van der Waals surface area contributed by atoms with Crippen LogP contribution in [0, 0.1) is 0 Å². The van der Waals surface area contributed by atoms with Crippen molar-refractivity contribution in [3.05, 3.63) is 41.5 Å². The van der Waals surface area contributed by atoms with E-state index in [-0.39, 0.29) is 18.2 Å². The Labute approximate surface area is 131 Å². The normalized spacial score (nSPS) is 19.7. The maximum atomic E-state index is 12.2. The van der Waals surface area contributed by atoms with Crippen LogP contribution in [0.15, 0.2) is 30.4 Å². The van der Waals surface area contributed by atoms with E-state index in [1.54, 1.807) is 26.2 Å². The Morgan fingerprint density at radius 1 is 1.27 bits per heavy atom. The highest BCUT2D eigenvalue weighted by Crippen LogP contribution is 2.41. The minimum Gasteiger partial charge on any atom is -0.497 e. The molecule has 1 aromatic carbocycles. The molecular weight excluding hydrogens is 280 g/mol. The van der Waals surface area contributed by atoms with Gasteiger partial charge < -0.3 is 9.47 Å². The van der Waals surface area contributed by atoms with Crippen LogP contribution in [0.5, 0.6) is 5.75 Å². The number of carbonyl (C=O) groups is 2. The van der Waals surface area contributed by atoms with Crippen LogP contribution in [0.25, 0.3) is 0 Å². The molecule has 0 fully saturated rings. The van der Waals surface area contributed by atoms with Gasteiger partial charge in [0.15, 0.2) is 5.78 Å². The number of hydrogen-bond acceptors (Lipinski definition) is 4. The van der Waals surface area contributed by atoms with Crippen molar-refractivity contribution in [3.8, 4) is 5.75 Å². The molecule has 1 aromatic rings. The van der Waals surface area contributed by atoms with Gasteiger partial charge in [-0.1, -0.05) is 25.5 Å². The first-order valence-electron chi connectivity index (χ1n) is 7.64. The van der Waals surface area contributed by atoms with Gasteiger partial charge in [-0.05, 0) is 37.1 Å².